The fourth-order valence-electron chi connectivity index (χ4n) is 3.37. The normalized spacial score (nSPS) is 21.2. The van der Waals surface area contributed by atoms with Crippen molar-refractivity contribution in [3.63, 3.8) is 0 Å². The summed E-state index contributed by atoms with van der Waals surface area (Å²) in [5, 5.41) is 4.34. The number of nitrogens with one attached hydrogen (secondary N) is 1. The summed E-state index contributed by atoms with van der Waals surface area (Å²) in [6, 6.07) is 12.6. The van der Waals surface area contributed by atoms with E-state index in [0.717, 1.165) is 29.3 Å². The van der Waals surface area contributed by atoms with Gasteiger partial charge in [-0.05, 0) is 43.3 Å². The fourth-order valence-corrected chi connectivity index (χ4v) is 3.50. The molecule has 0 aliphatic carbocycles. The van der Waals surface area contributed by atoms with Crippen LogP contribution in [-0.4, -0.2) is 39.5 Å². The number of benzene rings is 1. The zero-order valence-electron chi connectivity index (χ0n) is 13.4. The SMILES string of the molecule is CN1CCC(Nc2ccc3nccnc3n2)C1c1ccc(Cl)cc1. The first-order valence-corrected chi connectivity index (χ1v) is 8.38. The first-order valence-electron chi connectivity index (χ1n) is 8.01. The van der Waals surface area contributed by atoms with Crippen molar-refractivity contribution in [2.24, 2.45) is 0 Å². The number of halogens is 1. The van der Waals surface area contributed by atoms with Gasteiger partial charge in [0.1, 0.15) is 11.3 Å². The molecule has 0 spiro atoms. The van der Waals surface area contributed by atoms with E-state index >= 15 is 0 Å². The Bertz CT molecular complexity index is 851. The van der Waals surface area contributed by atoms with Crippen molar-refractivity contribution < 1.29 is 0 Å². The number of anilines is 1. The molecule has 3 heterocycles. The fraction of sp³-hybridized carbons (Fsp3) is 0.278. The summed E-state index contributed by atoms with van der Waals surface area (Å²) in [4.78, 5) is 15.5. The van der Waals surface area contributed by atoms with Crippen molar-refractivity contribution in [2.45, 2.75) is 18.5 Å². The monoisotopic (exact) mass is 339 g/mol. The largest absolute Gasteiger partial charge is 0.365 e. The number of hydrogen-bond donors (Lipinski definition) is 1. The van der Waals surface area contributed by atoms with Gasteiger partial charge in [-0.15, -0.1) is 0 Å². The Morgan fingerprint density at radius 3 is 2.71 bits per heavy atom. The highest BCUT2D eigenvalue weighted by atomic mass is 35.5. The molecule has 0 amide bonds. The predicted molar refractivity (Wildman–Crippen MR) is 96.2 cm³/mol. The van der Waals surface area contributed by atoms with Crippen LogP contribution in [0.4, 0.5) is 5.82 Å². The Kier molecular flexibility index (Phi) is 4.04. The number of likely N-dealkylation sites (tertiary alicyclic amines) is 1. The smallest absolute Gasteiger partial charge is 0.180 e. The minimum Gasteiger partial charge on any atom is -0.365 e. The summed E-state index contributed by atoms with van der Waals surface area (Å²) < 4.78 is 0. The van der Waals surface area contributed by atoms with Crippen LogP contribution >= 0.6 is 11.6 Å². The van der Waals surface area contributed by atoms with Gasteiger partial charge in [-0.2, -0.15) is 0 Å². The molecular weight excluding hydrogens is 322 g/mol. The highest BCUT2D eigenvalue weighted by Crippen LogP contribution is 2.33. The molecule has 24 heavy (non-hydrogen) atoms. The number of nitrogens with zero attached hydrogens (tertiary/aromatic N) is 4. The zero-order chi connectivity index (χ0) is 16.5. The van der Waals surface area contributed by atoms with E-state index in [0.29, 0.717) is 11.7 Å². The van der Waals surface area contributed by atoms with Gasteiger partial charge in [-0.1, -0.05) is 23.7 Å². The van der Waals surface area contributed by atoms with Crippen LogP contribution in [0.3, 0.4) is 0 Å². The van der Waals surface area contributed by atoms with Crippen LogP contribution in [0.2, 0.25) is 5.02 Å². The van der Waals surface area contributed by atoms with E-state index in [9.17, 15) is 0 Å². The van der Waals surface area contributed by atoms with E-state index in [1.165, 1.54) is 5.56 Å². The molecule has 0 saturated carbocycles. The third-order valence-electron chi connectivity index (χ3n) is 4.53. The molecule has 0 bridgehead atoms. The second kappa shape index (κ2) is 6.34. The van der Waals surface area contributed by atoms with E-state index in [-0.39, 0.29) is 6.04 Å². The number of likely N-dealkylation sites (N-methyl/N-ethyl adjacent to an activating group) is 1. The third kappa shape index (κ3) is 2.92. The van der Waals surface area contributed by atoms with Crippen LogP contribution in [0, 0.1) is 0 Å². The van der Waals surface area contributed by atoms with Gasteiger partial charge in [0.2, 0.25) is 0 Å². The van der Waals surface area contributed by atoms with E-state index in [2.05, 4.69) is 44.3 Å². The number of aromatic nitrogens is 3. The molecule has 122 valence electrons. The molecular formula is C18H18ClN5. The molecule has 5 nitrogen and oxygen atoms in total. The zero-order valence-corrected chi connectivity index (χ0v) is 14.1. The minimum absolute atomic E-state index is 0.290. The molecule has 3 aromatic rings. The number of hydrogen-bond acceptors (Lipinski definition) is 5. The summed E-state index contributed by atoms with van der Waals surface area (Å²) in [7, 11) is 2.15. The summed E-state index contributed by atoms with van der Waals surface area (Å²) in [5.41, 5.74) is 2.73. The highest BCUT2D eigenvalue weighted by Gasteiger charge is 2.33. The van der Waals surface area contributed by atoms with Gasteiger partial charge in [-0.3, -0.25) is 9.88 Å². The summed E-state index contributed by atoms with van der Waals surface area (Å²) in [6.07, 6.45) is 4.41. The minimum atomic E-state index is 0.290. The van der Waals surface area contributed by atoms with E-state index in [1.807, 2.05) is 24.3 Å². The number of rotatable bonds is 3. The maximum absolute atomic E-state index is 6.02. The predicted octanol–water partition coefficient (Wildman–Crippen LogP) is 3.54. The lowest BCUT2D eigenvalue weighted by Gasteiger charge is -2.26. The number of fused-ring (bicyclic) bond motifs is 1. The van der Waals surface area contributed by atoms with E-state index in [4.69, 9.17) is 11.6 Å². The van der Waals surface area contributed by atoms with Crippen molar-refractivity contribution in [1.29, 1.82) is 0 Å². The Morgan fingerprint density at radius 1 is 1.08 bits per heavy atom. The number of pyridine rings is 1. The first-order chi connectivity index (χ1) is 11.7. The molecule has 2 aromatic heterocycles. The van der Waals surface area contributed by atoms with Gasteiger partial charge >= 0.3 is 0 Å². The Morgan fingerprint density at radius 2 is 1.88 bits per heavy atom. The summed E-state index contributed by atoms with van der Waals surface area (Å²) in [5.74, 6) is 0.835. The molecule has 1 N–H and O–H groups in total. The molecule has 6 heteroatoms. The molecule has 2 atom stereocenters. The Labute approximate surface area is 145 Å². The van der Waals surface area contributed by atoms with Crippen LogP contribution in [-0.2, 0) is 0 Å². The Balaban J connectivity index is 1.60. The maximum Gasteiger partial charge on any atom is 0.180 e. The standard InChI is InChI=1S/C18H18ClN5/c1-24-11-8-14(17(24)12-2-4-13(19)5-3-12)22-16-7-6-15-18(23-16)21-10-9-20-15/h2-7,9-10,14,17H,8,11H2,1H3,(H,21,22,23). The summed E-state index contributed by atoms with van der Waals surface area (Å²) >= 11 is 6.02. The quantitative estimate of drug-likeness (QED) is 0.791. The molecule has 1 fully saturated rings. The van der Waals surface area contributed by atoms with E-state index < -0.39 is 0 Å². The van der Waals surface area contributed by atoms with Crippen molar-refractivity contribution in [2.75, 3.05) is 18.9 Å². The average Bonchev–Trinajstić information content (AvgIpc) is 2.96. The van der Waals surface area contributed by atoms with Crippen LogP contribution < -0.4 is 5.32 Å². The summed E-state index contributed by atoms with van der Waals surface area (Å²) in [6.45, 7) is 1.04. The van der Waals surface area contributed by atoms with Crippen molar-refractivity contribution in [3.8, 4) is 0 Å². The molecule has 4 rings (SSSR count). The topological polar surface area (TPSA) is 53.9 Å². The lowest BCUT2D eigenvalue weighted by molar-refractivity contribution is 0.309. The molecule has 1 saturated heterocycles. The van der Waals surface area contributed by atoms with Crippen LogP contribution in [0.1, 0.15) is 18.0 Å². The third-order valence-corrected chi connectivity index (χ3v) is 4.78. The van der Waals surface area contributed by atoms with Gasteiger partial charge in [0.05, 0.1) is 6.04 Å². The van der Waals surface area contributed by atoms with Gasteiger partial charge in [0.15, 0.2) is 5.65 Å². The van der Waals surface area contributed by atoms with Crippen molar-refractivity contribution >= 4 is 28.6 Å². The molecule has 1 aromatic carbocycles. The Hall–Kier alpha value is -2.24. The van der Waals surface area contributed by atoms with Gasteiger partial charge in [0.25, 0.3) is 0 Å². The lowest BCUT2D eigenvalue weighted by atomic mass is 10.0. The van der Waals surface area contributed by atoms with Gasteiger partial charge < -0.3 is 5.32 Å². The first kappa shape index (κ1) is 15.3. The molecule has 0 radical (unpaired) electrons. The van der Waals surface area contributed by atoms with Crippen molar-refractivity contribution in [1.82, 2.24) is 19.9 Å². The second-order valence-corrected chi connectivity index (χ2v) is 6.55. The van der Waals surface area contributed by atoms with Crippen LogP contribution in [0.5, 0.6) is 0 Å². The van der Waals surface area contributed by atoms with Gasteiger partial charge in [-0.25, -0.2) is 9.97 Å². The van der Waals surface area contributed by atoms with Gasteiger partial charge in [0, 0.05) is 30.0 Å². The molecule has 1 aliphatic heterocycles. The van der Waals surface area contributed by atoms with Crippen molar-refractivity contribution in [3.05, 3.63) is 59.4 Å². The lowest BCUT2D eigenvalue weighted by Crippen LogP contribution is -2.29. The molecule has 2 unspecified atom stereocenters. The second-order valence-electron chi connectivity index (χ2n) is 6.11. The van der Waals surface area contributed by atoms with Crippen LogP contribution in [0.25, 0.3) is 11.2 Å². The highest BCUT2D eigenvalue weighted by molar-refractivity contribution is 6.30. The average molecular weight is 340 g/mol. The van der Waals surface area contributed by atoms with Crippen LogP contribution in [0.15, 0.2) is 48.8 Å². The van der Waals surface area contributed by atoms with E-state index in [1.54, 1.807) is 12.4 Å². The maximum atomic E-state index is 6.02. The molecule has 1 aliphatic rings.